The molecule has 11 atom stereocenters. The molecule has 0 saturated carbocycles. The number of amides is 9. The van der Waals surface area contributed by atoms with Crippen molar-refractivity contribution in [1.29, 1.82) is 0 Å². The molecule has 1 aliphatic heterocycles. The first-order chi connectivity index (χ1) is 32.2. The Hall–Kier alpha value is -5.83. The first-order valence-corrected chi connectivity index (χ1v) is 22.8. The summed E-state index contributed by atoms with van der Waals surface area (Å²) < 4.78 is 0. The lowest BCUT2D eigenvalue weighted by Gasteiger charge is -2.29. The highest BCUT2D eigenvalue weighted by Crippen LogP contribution is 2.11. The second-order valence-electron chi connectivity index (χ2n) is 17.1. The minimum Gasteiger partial charge on any atom is -0.391 e. The third-order valence-corrected chi connectivity index (χ3v) is 10.9. The van der Waals surface area contributed by atoms with Gasteiger partial charge in [0.05, 0.1) is 12.2 Å². The van der Waals surface area contributed by atoms with Crippen LogP contribution in [-0.4, -0.2) is 163 Å². The second kappa shape index (κ2) is 29.8. The zero-order chi connectivity index (χ0) is 51.1. The van der Waals surface area contributed by atoms with E-state index in [4.69, 9.17) is 28.7 Å². The fourth-order valence-electron chi connectivity index (χ4n) is 7.00. The van der Waals surface area contributed by atoms with Crippen LogP contribution < -0.4 is 76.5 Å². The minimum atomic E-state index is -1.63. The summed E-state index contributed by atoms with van der Waals surface area (Å²) >= 11 is 0. The quantitative estimate of drug-likeness (QED) is 0.0732. The number of carbonyl (C=O) groups excluding carboxylic acids is 9. The molecule has 1 aromatic carbocycles. The Morgan fingerprint density at radius 1 is 0.588 bits per heavy atom. The molecule has 0 spiro atoms. The van der Waals surface area contributed by atoms with Crippen LogP contribution in [0, 0.1) is 5.92 Å². The molecule has 1 aliphatic rings. The molecule has 1 fully saturated rings. The van der Waals surface area contributed by atoms with Gasteiger partial charge in [0, 0.05) is 13.0 Å². The normalized spacial score (nSPS) is 26.1. The van der Waals surface area contributed by atoms with Gasteiger partial charge in [0.1, 0.15) is 54.4 Å². The second-order valence-corrected chi connectivity index (χ2v) is 17.1. The smallest absolute Gasteiger partial charge is 0.245 e. The maximum absolute atomic E-state index is 14.2. The SMILES string of the molecule is CC(C)C[C@@H]1NC(=O)[C@@H](Cc2ccccc2)NC(=O)[C@H](CCN)NC(=O)[C@H](CCN)NC(=O)[C@H](NC(=O)[C@@H](N)[C@@H](C)O)CCNC(=O)[C@H]([C@@H](C)O)NC(=O)[C@H](CCN)NC(=O)[C@H](CCN)NC1=O. The highest BCUT2D eigenvalue weighted by atomic mass is 16.3. The van der Waals surface area contributed by atoms with Gasteiger partial charge in [0.25, 0.3) is 0 Å². The van der Waals surface area contributed by atoms with Crippen molar-refractivity contribution in [3.05, 3.63) is 35.9 Å². The standard InChI is InChI=1S/C43H74N14O11/c1-22(2)20-31-40(65)53-27(11-16-45)36(61)52-29(13-18-47)39(64)57-34(24(4)59)43(68)49-19-14-30(54-42(67)33(48)23(3)58)38(63)51-26(10-15-44)35(60)50-28(12-17-46)37(62)56-32(41(66)55-31)21-25-8-6-5-7-9-25/h5-9,22-24,26-34,58-59H,10-21,44-48H2,1-4H3,(H,49,68)(H,50,60)(H,51,63)(H,52,61)(H,53,65)(H,54,67)(H,55,66)(H,56,62)(H,57,64)/t23-,24-,26+,27+,28+,29+,30-,31+,32-,33+,34+/m1/s1. The van der Waals surface area contributed by atoms with E-state index in [1.165, 1.54) is 13.8 Å². The Morgan fingerprint density at radius 3 is 1.41 bits per heavy atom. The van der Waals surface area contributed by atoms with E-state index in [9.17, 15) is 53.4 Å². The van der Waals surface area contributed by atoms with Crippen molar-refractivity contribution in [2.45, 2.75) is 139 Å². The first-order valence-electron chi connectivity index (χ1n) is 22.8. The van der Waals surface area contributed by atoms with Crippen molar-refractivity contribution < 1.29 is 53.4 Å². The molecule has 68 heavy (non-hydrogen) atoms. The molecule has 0 radical (unpaired) electrons. The molecule has 0 unspecified atom stereocenters. The fourth-order valence-corrected chi connectivity index (χ4v) is 7.00. The molecule has 0 aromatic heterocycles. The summed E-state index contributed by atoms with van der Waals surface area (Å²) in [4.78, 5) is 124. The van der Waals surface area contributed by atoms with Gasteiger partial charge in [-0.05, 0) is 90.0 Å². The molecule has 0 bridgehead atoms. The van der Waals surface area contributed by atoms with E-state index in [-0.39, 0.29) is 83.6 Å². The Kier molecular flexibility index (Phi) is 25.6. The summed E-state index contributed by atoms with van der Waals surface area (Å²) in [5.74, 6) is -8.18. The van der Waals surface area contributed by atoms with Gasteiger partial charge in [-0.2, -0.15) is 0 Å². The average molecular weight is 963 g/mol. The first kappa shape index (κ1) is 58.3. The van der Waals surface area contributed by atoms with Crippen LogP contribution in [0.2, 0.25) is 0 Å². The van der Waals surface area contributed by atoms with Crippen molar-refractivity contribution in [3.8, 4) is 0 Å². The van der Waals surface area contributed by atoms with Crippen LogP contribution in [0.1, 0.15) is 71.8 Å². The summed E-state index contributed by atoms with van der Waals surface area (Å²) in [7, 11) is 0. The van der Waals surface area contributed by atoms with Gasteiger partial charge < -0.3 is 86.7 Å². The van der Waals surface area contributed by atoms with Crippen molar-refractivity contribution >= 4 is 53.2 Å². The third-order valence-electron chi connectivity index (χ3n) is 10.9. The maximum Gasteiger partial charge on any atom is 0.245 e. The number of nitrogens with two attached hydrogens (primary N) is 5. The molecule has 2 rings (SSSR count). The van der Waals surface area contributed by atoms with Crippen LogP contribution in [0.5, 0.6) is 0 Å². The highest BCUT2D eigenvalue weighted by molar-refractivity contribution is 5.98. The van der Waals surface area contributed by atoms with Crippen molar-refractivity contribution in [1.82, 2.24) is 47.9 Å². The number of nitrogens with one attached hydrogen (secondary N) is 9. The van der Waals surface area contributed by atoms with Crippen LogP contribution in [-0.2, 0) is 49.6 Å². The lowest BCUT2D eigenvalue weighted by Crippen LogP contribution is -2.62. The molecule has 0 aliphatic carbocycles. The van der Waals surface area contributed by atoms with E-state index in [2.05, 4.69) is 47.9 Å². The van der Waals surface area contributed by atoms with Gasteiger partial charge in [0.2, 0.25) is 53.2 Å². The Labute approximate surface area is 396 Å². The van der Waals surface area contributed by atoms with Crippen molar-refractivity contribution in [2.75, 3.05) is 32.7 Å². The van der Waals surface area contributed by atoms with Gasteiger partial charge in [-0.3, -0.25) is 43.2 Å². The molecule has 1 aromatic rings. The number of aliphatic hydroxyl groups is 2. The van der Waals surface area contributed by atoms with Gasteiger partial charge >= 0.3 is 0 Å². The average Bonchev–Trinajstić information content (AvgIpc) is 3.28. The van der Waals surface area contributed by atoms with Gasteiger partial charge in [-0.1, -0.05) is 44.2 Å². The molecule has 25 nitrogen and oxygen atoms in total. The molecule has 1 heterocycles. The largest absolute Gasteiger partial charge is 0.391 e. The Bertz CT molecular complexity index is 1840. The molecular weight excluding hydrogens is 889 g/mol. The predicted molar refractivity (Wildman–Crippen MR) is 249 cm³/mol. The third kappa shape index (κ3) is 19.4. The van der Waals surface area contributed by atoms with Crippen molar-refractivity contribution in [3.63, 3.8) is 0 Å². The number of rotatable bonds is 16. The molecule has 1 saturated heterocycles. The van der Waals surface area contributed by atoms with Crippen LogP contribution >= 0.6 is 0 Å². The highest BCUT2D eigenvalue weighted by Gasteiger charge is 2.36. The van der Waals surface area contributed by atoms with Gasteiger partial charge in [-0.25, -0.2) is 0 Å². The number of aliphatic hydroxyl groups excluding tert-OH is 2. The molecular formula is C43H74N14O11. The topological polar surface area (TPSA) is 432 Å². The molecule has 21 N–H and O–H groups in total. The van der Waals surface area contributed by atoms with E-state index in [0.29, 0.717) is 5.56 Å². The number of hydrogen-bond acceptors (Lipinski definition) is 16. The van der Waals surface area contributed by atoms with E-state index < -0.39 is 120 Å². The predicted octanol–water partition coefficient (Wildman–Crippen LogP) is -6.84. The number of hydrogen-bond donors (Lipinski definition) is 16. The van der Waals surface area contributed by atoms with Crippen LogP contribution in [0.15, 0.2) is 30.3 Å². The molecule has 25 heteroatoms. The zero-order valence-corrected chi connectivity index (χ0v) is 39.3. The molecule has 9 amide bonds. The van der Waals surface area contributed by atoms with E-state index in [1.807, 2.05) is 0 Å². The Balaban J connectivity index is 2.74. The van der Waals surface area contributed by atoms with Crippen LogP contribution in [0.4, 0.5) is 0 Å². The molecule has 382 valence electrons. The zero-order valence-electron chi connectivity index (χ0n) is 39.3. The van der Waals surface area contributed by atoms with Crippen molar-refractivity contribution in [2.24, 2.45) is 34.6 Å². The lowest BCUT2D eigenvalue weighted by atomic mass is 10.00. The van der Waals surface area contributed by atoms with Gasteiger partial charge in [-0.15, -0.1) is 0 Å². The lowest BCUT2D eigenvalue weighted by molar-refractivity contribution is -0.136. The summed E-state index contributed by atoms with van der Waals surface area (Å²) in [5.41, 5.74) is 29.8. The Morgan fingerprint density at radius 2 is 0.985 bits per heavy atom. The minimum absolute atomic E-state index is 0.0690. The summed E-state index contributed by atoms with van der Waals surface area (Å²) in [6.45, 7) is 5.16. The number of carbonyl (C=O) groups is 9. The summed E-state index contributed by atoms with van der Waals surface area (Å²) in [5, 5.41) is 43.4. The van der Waals surface area contributed by atoms with E-state index in [1.54, 1.807) is 44.2 Å². The van der Waals surface area contributed by atoms with E-state index in [0.717, 1.165) is 0 Å². The van der Waals surface area contributed by atoms with Crippen LogP contribution in [0.25, 0.3) is 0 Å². The van der Waals surface area contributed by atoms with E-state index >= 15 is 0 Å². The summed E-state index contributed by atoms with van der Waals surface area (Å²) in [6, 6.07) is -4.17. The van der Waals surface area contributed by atoms with Crippen LogP contribution in [0.3, 0.4) is 0 Å². The number of benzene rings is 1. The maximum atomic E-state index is 14.2. The monoisotopic (exact) mass is 963 g/mol. The summed E-state index contributed by atoms with van der Waals surface area (Å²) in [6.07, 6.45) is -3.83. The van der Waals surface area contributed by atoms with Gasteiger partial charge in [0.15, 0.2) is 0 Å². The fraction of sp³-hybridized carbons (Fsp3) is 0.651.